The van der Waals surface area contributed by atoms with Gasteiger partial charge < -0.3 is 0 Å². The number of halogens is 3. The maximum absolute atomic E-state index is 13.1. The molecule has 0 atom stereocenters. The van der Waals surface area contributed by atoms with Gasteiger partial charge in [0.05, 0.1) is 11.6 Å². The molecule has 15 heavy (non-hydrogen) atoms. The molecule has 0 aliphatic rings. The molecular formula is C9H6Cl2FN3. The van der Waals surface area contributed by atoms with Crippen LogP contribution in [0.2, 0.25) is 5.02 Å². The van der Waals surface area contributed by atoms with Crippen molar-refractivity contribution in [3.8, 4) is 5.69 Å². The third-order valence-electron chi connectivity index (χ3n) is 1.86. The molecule has 1 heterocycles. The molecule has 3 nitrogen and oxygen atoms in total. The van der Waals surface area contributed by atoms with Crippen LogP contribution in [0.5, 0.6) is 0 Å². The minimum Gasteiger partial charge on any atom is -0.284 e. The van der Waals surface area contributed by atoms with E-state index in [2.05, 4.69) is 10.2 Å². The van der Waals surface area contributed by atoms with Gasteiger partial charge in [0, 0.05) is 5.02 Å². The maximum atomic E-state index is 13.1. The van der Waals surface area contributed by atoms with Crippen LogP contribution in [-0.4, -0.2) is 14.8 Å². The molecule has 0 unspecified atom stereocenters. The van der Waals surface area contributed by atoms with Gasteiger partial charge in [-0.05, 0) is 18.2 Å². The SMILES string of the molecule is Fc1cc(Cl)cc(-n2cnnc2CCl)c1. The van der Waals surface area contributed by atoms with Crippen molar-refractivity contribution in [2.24, 2.45) is 0 Å². The minimum absolute atomic E-state index is 0.203. The molecule has 78 valence electrons. The molecule has 0 aliphatic carbocycles. The fraction of sp³-hybridized carbons (Fsp3) is 0.111. The number of hydrogen-bond donors (Lipinski definition) is 0. The number of hydrogen-bond acceptors (Lipinski definition) is 2. The van der Waals surface area contributed by atoms with E-state index >= 15 is 0 Å². The zero-order valence-corrected chi connectivity index (χ0v) is 9.00. The first kappa shape index (κ1) is 10.4. The summed E-state index contributed by atoms with van der Waals surface area (Å²) in [5.41, 5.74) is 0.556. The van der Waals surface area contributed by atoms with Gasteiger partial charge in [0.2, 0.25) is 0 Å². The van der Waals surface area contributed by atoms with Crippen LogP contribution in [0.3, 0.4) is 0 Å². The molecule has 0 aliphatic heterocycles. The normalized spacial score (nSPS) is 10.6. The highest BCUT2D eigenvalue weighted by atomic mass is 35.5. The van der Waals surface area contributed by atoms with Crippen LogP contribution in [0, 0.1) is 5.82 Å². The highest BCUT2D eigenvalue weighted by Gasteiger charge is 2.06. The largest absolute Gasteiger partial charge is 0.284 e. The summed E-state index contributed by atoms with van der Waals surface area (Å²) in [5, 5.41) is 7.80. The van der Waals surface area contributed by atoms with Gasteiger partial charge >= 0.3 is 0 Å². The van der Waals surface area contributed by atoms with Gasteiger partial charge in [-0.25, -0.2) is 4.39 Å². The predicted octanol–water partition coefficient (Wildman–Crippen LogP) is 2.80. The van der Waals surface area contributed by atoms with E-state index in [-0.39, 0.29) is 5.88 Å². The van der Waals surface area contributed by atoms with Crippen LogP contribution in [0.15, 0.2) is 24.5 Å². The summed E-state index contributed by atoms with van der Waals surface area (Å²) in [7, 11) is 0. The molecule has 0 radical (unpaired) electrons. The standard InChI is InChI=1S/C9H6Cl2FN3/c10-4-9-14-13-5-15(9)8-2-6(11)1-7(12)3-8/h1-3,5H,4H2. The van der Waals surface area contributed by atoms with E-state index in [1.165, 1.54) is 18.5 Å². The average Bonchev–Trinajstić information content (AvgIpc) is 2.63. The van der Waals surface area contributed by atoms with Crippen molar-refractivity contribution < 1.29 is 4.39 Å². The Kier molecular flexibility index (Phi) is 2.88. The first-order chi connectivity index (χ1) is 7.20. The highest BCUT2D eigenvalue weighted by molar-refractivity contribution is 6.30. The molecule has 2 aromatic rings. The van der Waals surface area contributed by atoms with Crippen LogP contribution in [0.25, 0.3) is 5.69 Å². The molecule has 0 saturated carbocycles. The highest BCUT2D eigenvalue weighted by Crippen LogP contribution is 2.18. The fourth-order valence-electron chi connectivity index (χ4n) is 1.24. The van der Waals surface area contributed by atoms with Crippen LogP contribution >= 0.6 is 23.2 Å². The second kappa shape index (κ2) is 4.16. The van der Waals surface area contributed by atoms with Crippen LogP contribution in [0.4, 0.5) is 4.39 Å². The van der Waals surface area contributed by atoms with Crippen LogP contribution in [-0.2, 0) is 5.88 Å². The molecular weight excluding hydrogens is 240 g/mol. The third-order valence-corrected chi connectivity index (χ3v) is 2.32. The fourth-order valence-corrected chi connectivity index (χ4v) is 1.64. The molecule has 6 heteroatoms. The lowest BCUT2D eigenvalue weighted by Crippen LogP contribution is -1.98. The second-order valence-electron chi connectivity index (χ2n) is 2.88. The molecule has 1 aromatic heterocycles. The Morgan fingerprint density at radius 3 is 2.80 bits per heavy atom. The molecule has 0 bridgehead atoms. The Morgan fingerprint density at radius 1 is 1.33 bits per heavy atom. The van der Waals surface area contributed by atoms with Gasteiger partial charge in [-0.1, -0.05) is 11.6 Å². The summed E-state index contributed by atoms with van der Waals surface area (Å²) in [4.78, 5) is 0. The van der Waals surface area contributed by atoms with Gasteiger partial charge in [-0.2, -0.15) is 0 Å². The summed E-state index contributed by atoms with van der Waals surface area (Å²) in [6.07, 6.45) is 1.46. The molecule has 0 N–H and O–H groups in total. The smallest absolute Gasteiger partial charge is 0.152 e. The van der Waals surface area contributed by atoms with Crippen LogP contribution < -0.4 is 0 Å². The maximum Gasteiger partial charge on any atom is 0.152 e. The van der Waals surface area contributed by atoms with Gasteiger partial charge in [-0.15, -0.1) is 21.8 Å². The van der Waals surface area contributed by atoms with E-state index in [9.17, 15) is 4.39 Å². The molecule has 0 saturated heterocycles. The molecule has 0 amide bonds. The Hall–Kier alpha value is -1.13. The summed E-state index contributed by atoms with van der Waals surface area (Å²) in [5.74, 6) is 0.332. The van der Waals surface area contributed by atoms with Gasteiger partial charge in [0.1, 0.15) is 12.1 Å². The lowest BCUT2D eigenvalue weighted by Gasteiger charge is -2.05. The average molecular weight is 246 g/mol. The van der Waals surface area contributed by atoms with Crippen LogP contribution in [0.1, 0.15) is 5.82 Å². The van der Waals surface area contributed by atoms with E-state index in [4.69, 9.17) is 23.2 Å². The topological polar surface area (TPSA) is 30.7 Å². The summed E-state index contributed by atoms with van der Waals surface area (Å²) < 4.78 is 14.7. The quantitative estimate of drug-likeness (QED) is 0.763. The number of aromatic nitrogens is 3. The number of benzene rings is 1. The summed E-state index contributed by atoms with van der Waals surface area (Å²) in [6.45, 7) is 0. The zero-order valence-electron chi connectivity index (χ0n) is 7.49. The van der Waals surface area contributed by atoms with Gasteiger partial charge in [-0.3, -0.25) is 4.57 Å². The zero-order chi connectivity index (χ0) is 10.8. The van der Waals surface area contributed by atoms with Crippen molar-refractivity contribution in [2.75, 3.05) is 0 Å². The number of alkyl halides is 1. The van der Waals surface area contributed by atoms with E-state index in [1.54, 1.807) is 10.6 Å². The minimum atomic E-state index is -0.410. The van der Waals surface area contributed by atoms with Crippen molar-refractivity contribution in [2.45, 2.75) is 5.88 Å². The van der Waals surface area contributed by atoms with Crippen molar-refractivity contribution >= 4 is 23.2 Å². The van der Waals surface area contributed by atoms with E-state index < -0.39 is 5.82 Å². The first-order valence-corrected chi connectivity index (χ1v) is 5.03. The predicted molar refractivity (Wildman–Crippen MR) is 55.9 cm³/mol. The lowest BCUT2D eigenvalue weighted by atomic mass is 10.3. The van der Waals surface area contributed by atoms with Crippen molar-refractivity contribution in [3.63, 3.8) is 0 Å². The van der Waals surface area contributed by atoms with Gasteiger partial charge in [0.25, 0.3) is 0 Å². The lowest BCUT2D eigenvalue weighted by molar-refractivity contribution is 0.626. The third kappa shape index (κ3) is 2.11. The van der Waals surface area contributed by atoms with Crippen molar-refractivity contribution in [3.05, 3.63) is 41.2 Å². The molecule has 0 spiro atoms. The van der Waals surface area contributed by atoms with Gasteiger partial charge in [0.15, 0.2) is 5.82 Å². The van der Waals surface area contributed by atoms with Crippen molar-refractivity contribution in [1.82, 2.24) is 14.8 Å². The molecule has 0 fully saturated rings. The Balaban J connectivity index is 2.53. The molecule has 1 aromatic carbocycles. The van der Waals surface area contributed by atoms with E-state index in [1.807, 2.05) is 0 Å². The Labute approximate surface area is 95.5 Å². The summed E-state index contributed by atoms with van der Waals surface area (Å²) >= 11 is 11.4. The van der Waals surface area contributed by atoms with E-state index in [0.717, 1.165) is 0 Å². The number of nitrogens with zero attached hydrogens (tertiary/aromatic N) is 3. The number of rotatable bonds is 2. The summed E-state index contributed by atoms with van der Waals surface area (Å²) in [6, 6.07) is 4.19. The molecule has 2 rings (SSSR count). The van der Waals surface area contributed by atoms with E-state index in [0.29, 0.717) is 16.5 Å². The monoisotopic (exact) mass is 245 g/mol. The first-order valence-electron chi connectivity index (χ1n) is 4.12. The Bertz CT molecular complexity index is 464. The Morgan fingerprint density at radius 2 is 2.13 bits per heavy atom. The van der Waals surface area contributed by atoms with Crippen molar-refractivity contribution in [1.29, 1.82) is 0 Å². The second-order valence-corrected chi connectivity index (χ2v) is 3.58.